The zero-order valence-electron chi connectivity index (χ0n) is 9.52. The summed E-state index contributed by atoms with van der Waals surface area (Å²) in [6.45, 7) is 10.0. The number of hydrogen-bond acceptors (Lipinski definition) is 1. The first-order valence-electron chi connectivity index (χ1n) is 5.43. The van der Waals surface area contributed by atoms with Gasteiger partial charge in [0.1, 0.15) is 0 Å². The van der Waals surface area contributed by atoms with Crippen LogP contribution >= 0.6 is 0 Å². The van der Waals surface area contributed by atoms with Crippen molar-refractivity contribution in [1.82, 2.24) is 5.32 Å². The standard InChI is InChI=1S/C13H19N/c1-8-5-9(2)13-7-14-11(4)10(3)12(13)6-8/h5-6,10-11,14H,7H2,1-4H3. The quantitative estimate of drug-likeness (QED) is 0.661. The molecule has 0 amide bonds. The Bertz CT molecular complexity index is 354. The van der Waals surface area contributed by atoms with E-state index in [9.17, 15) is 0 Å². The molecule has 1 N–H and O–H groups in total. The molecule has 2 rings (SSSR count). The molecule has 0 radical (unpaired) electrons. The molecule has 0 spiro atoms. The summed E-state index contributed by atoms with van der Waals surface area (Å²) in [4.78, 5) is 0. The van der Waals surface area contributed by atoms with Crippen molar-refractivity contribution in [3.63, 3.8) is 0 Å². The molecule has 1 heteroatoms. The third-order valence-corrected chi connectivity index (χ3v) is 3.49. The van der Waals surface area contributed by atoms with E-state index in [1.165, 1.54) is 16.7 Å². The summed E-state index contributed by atoms with van der Waals surface area (Å²) in [5.74, 6) is 0.636. The van der Waals surface area contributed by atoms with Crippen molar-refractivity contribution >= 4 is 0 Å². The van der Waals surface area contributed by atoms with Gasteiger partial charge >= 0.3 is 0 Å². The summed E-state index contributed by atoms with van der Waals surface area (Å²) < 4.78 is 0. The molecule has 1 nitrogen and oxygen atoms in total. The third kappa shape index (κ3) is 1.46. The van der Waals surface area contributed by atoms with E-state index >= 15 is 0 Å². The van der Waals surface area contributed by atoms with Gasteiger partial charge in [-0.1, -0.05) is 24.6 Å². The van der Waals surface area contributed by atoms with Crippen LogP contribution in [0.4, 0.5) is 0 Å². The fraction of sp³-hybridized carbons (Fsp3) is 0.538. The van der Waals surface area contributed by atoms with Gasteiger partial charge in [-0.25, -0.2) is 0 Å². The van der Waals surface area contributed by atoms with E-state index in [1.807, 2.05) is 0 Å². The topological polar surface area (TPSA) is 12.0 Å². The number of aryl methyl sites for hydroxylation is 2. The van der Waals surface area contributed by atoms with Crippen LogP contribution < -0.4 is 5.32 Å². The minimum atomic E-state index is 0.601. The molecule has 0 saturated carbocycles. The van der Waals surface area contributed by atoms with Crippen molar-refractivity contribution in [3.8, 4) is 0 Å². The van der Waals surface area contributed by atoms with Gasteiger partial charge in [0.2, 0.25) is 0 Å². The fourth-order valence-electron chi connectivity index (χ4n) is 2.39. The second-order valence-electron chi connectivity index (χ2n) is 4.61. The highest BCUT2D eigenvalue weighted by atomic mass is 14.9. The van der Waals surface area contributed by atoms with Gasteiger partial charge in [-0.3, -0.25) is 0 Å². The number of rotatable bonds is 0. The van der Waals surface area contributed by atoms with Gasteiger partial charge in [0.25, 0.3) is 0 Å². The molecular formula is C13H19N. The van der Waals surface area contributed by atoms with Crippen LogP contribution in [0.3, 0.4) is 0 Å². The minimum absolute atomic E-state index is 0.601. The van der Waals surface area contributed by atoms with Crippen LogP contribution in [0, 0.1) is 13.8 Å². The number of hydrogen-bond donors (Lipinski definition) is 1. The summed E-state index contributed by atoms with van der Waals surface area (Å²) in [7, 11) is 0. The van der Waals surface area contributed by atoms with E-state index in [0.29, 0.717) is 12.0 Å². The lowest BCUT2D eigenvalue weighted by molar-refractivity contribution is 0.447. The van der Waals surface area contributed by atoms with Crippen LogP contribution in [0.25, 0.3) is 0 Å². The van der Waals surface area contributed by atoms with Gasteiger partial charge in [0, 0.05) is 12.6 Å². The molecule has 0 bridgehead atoms. The van der Waals surface area contributed by atoms with Gasteiger partial charge in [-0.05, 0) is 43.4 Å². The summed E-state index contributed by atoms with van der Waals surface area (Å²) in [6.07, 6.45) is 0. The molecule has 0 aromatic heterocycles. The van der Waals surface area contributed by atoms with E-state index in [1.54, 1.807) is 5.56 Å². The predicted octanol–water partition coefficient (Wildman–Crippen LogP) is 2.90. The Morgan fingerprint density at radius 1 is 1.21 bits per heavy atom. The Morgan fingerprint density at radius 3 is 2.64 bits per heavy atom. The average Bonchev–Trinajstić information content (AvgIpc) is 2.12. The van der Waals surface area contributed by atoms with Crippen molar-refractivity contribution in [2.45, 2.75) is 46.2 Å². The lowest BCUT2D eigenvalue weighted by Crippen LogP contribution is -2.36. The summed E-state index contributed by atoms with van der Waals surface area (Å²) in [5.41, 5.74) is 5.89. The highest BCUT2D eigenvalue weighted by molar-refractivity contribution is 5.42. The Balaban J connectivity index is 2.54. The molecule has 2 unspecified atom stereocenters. The molecule has 0 fully saturated rings. The molecular weight excluding hydrogens is 170 g/mol. The summed E-state index contributed by atoms with van der Waals surface area (Å²) in [5, 5.41) is 3.55. The smallest absolute Gasteiger partial charge is 0.0213 e. The van der Waals surface area contributed by atoms with Crippen LogP contribution in [0.1, 0.15) is 42.0 Å². The van der Waals surface area contributed by atoms with Crippen LogP contribution in [-0.4, -0.2) is 6.04 Å². The summed E-state index contributed by atoms with van der Waals surface area (Å²) >= 11 is 0. The van der Waals surface area contributed by atoms with Crippen molar-refractivity contribution in [2.24, 2.45) is 0 Å². The van der Waals surface area contributed by atoms with Crippen LogP contribution in [0.2, 0.25) is 0 Å². The third-order valence-electron chi connectivity index (χ3n) is 3.49. The van der Waals surface area contributed by atoms with E-state index in [2.05, 4.69) is 45.1 Å². The maximum absolute atomic E-state index is 3.55. The Hall–Kier alpha value is -0.820. The second kappa shape index (κ2) is 3.39. The monoisotopic (exact) mass is 189 g/mol. The summed E-state index contributed by atoms with van der Waals surface area (Å²) in [6, 6.07) is 5.23. The maximum Gasteiger partial charge on any atom is 0.0213 e. The van der Waals surface area contributed by atoms with Gasteiger partial charge in [0.15, 0.2) is 0 Å². The van der Waals surface area contributed by atoms with Gasteiger partial charge < -0.3 is 5.32 Å². The molecule has 14 heavy (non-hydrogen) atoms. The van der Waals surface area contributed by atoms with E-state index < -0.39 is 0 Å². The zero-order valence-corrected chi connectivity index (χ0v) is 9.52. The van der Waals surface area contributed by atoms with Gasteiger partial charge in [-0.15, -0.1) is 0 Å². The number of fused-ring (bicyclic) bond motifs is 1. The first-order chi connectivity index (χ1) is 6.59. The largest absolute Gasteiger partial charge is 0.310 e. The molecule has 1 aliphatic rings. The highest BCUT2D eigenvalue weighted by Crippen LogP contribution is 2.30. The van der Waals surface area contributed by atoms with Crippen LogP contribution in [0.5, 0.6) is 0 Å². The lowest BCUT2D eigenvalue weighted by atomic mass is 9.84. The molecule has 2 atom stereocenters. The van der Waals surface area contributed by atoms with Crippen LogP contribution in [0.15, 0.2) is 12.1 Å². The predicted molar refractivity (Wildman–Crippen MR) is 60.6 cm³/mol. The van der Waals surface area contributed by atoms with E-state index in [0.717, 1.165) is 6.54 Å². The molecule has 0 saturated heterocycles. The highest BCUT2D eigenvalue weighted by Gasteiger charge is 2.23. The Labute approximate surface area is 86.5 Å². The van der Waals surface area contributed by atoms with E-state index in [-0.39, 0.29) is 0 Å². The molecule has 1 heterocycles. The average molecular weight is 189 g/mol. The Kier molecular flexibility index (Phi) is 2.36. The van der Waals surface area contributed by atoms with Crippen molar-refractivity contribution in [3.05, 3.63) is 34.4 Å². The molecule has 0 aliphatic carbocycles. The van der Waals surface area contributed by atoms with E-state index in [4.69, 9.17) is 0 Å². The first kappa shape index (κ1) is 9.72. The fourth-order valence-corrected chi connectivity index (χ4v) is 2.39. The zero-order chi connectivity index (χ0) is 10.3. The SMILES string of the molecule is Cc1cc(C)c2c(c1)C(C)C(C)NC2. The first-order valence-corrected chi connectivity index (χ1v) is 5.43. The van der Waals surface area contributed by atoms with Crippen molar-refractivity contribution in [1.29, 1.82) is 0 Å². The minimum Gasteiger partial charge on any atom is -0.310 e. The molecule has 1 aromatic rings. The van der Waals surface area contributed by atoms with Crippen molar-refractivity contribution in [2.75, 3.05) is 0 Å². The molecule has 1 aliphatic heterocycles. The molecule has 1 aromatic carbocycles. The van der Waals surface area contributed by atoms with Crippen LogP contribution in [-0.2, 0) is 6.54 Å². The molecule has 76 valence electrons. The Morgan fingerprint density at radius 2 is 1.93 bits per heavy atom. The van der Waals surface area contributed by atoms with Crippen molar-refractivity contribution < 1.29 is 0 Å². The second-order valence-corrected chi connectivity index (χ2v) is 4.61. The van der Waals surface area contributed by atoms with Gasteiger partial charge in [0.05, 0.1) is 0 Å². The van der Waals surface area contributed by atoms with Gasteiger partial charge in [-0.2, -0.15) is 0 Å². The normalized spacial score (nSPS) is 26.0. The number of benzene rings is 1. The lowest BCUT2D eigenvalue weighted by Gasteiger charge is -2.31. The maximum atomic E-state index is 3.55. The number of nitrogens with one attached hydrogen (secondary N) is 1.